The largest absolute Gasteiger partial charge is 0.319 e. The molecule has 0 bridgehead atoms. The SMILES string of the molecule is Cc1ccnc(-n2c(SCc3nccn3C(F)F)nc3ccccc3c2=O)c1. The second-order valence-corrected chi connectivity index (χ2v) is 7.00. The van der Waals surface area contributed by atoms with Crippen LogP contribution in [0.25, 0.3) is 16.7 Å². The van der Waals surface area contributed by atoms with Crippen molar-refractivity contribution in [2.75, 3.05) is 0 Å². The number of fused-ring (bicyclic) bond motifs is 1. The third-order valence-corrected chi connectivity index (χ3v) is 5.10. The van der Waals surface area contributed by atoms with E-state index in [2.05, 4.69) is 15.0 Å². The predicted molar refractivity (Wildman–Crippen MR) is 103 cm³/mol. The number of imidazole rings is 1. The Kier molecular flexibility index (Phi) is 4.91. The van der Waals surface area contributed by atoms with Gasteiger partial charge in [-0.15, -0.1) is 0 Å². The number of aromatic nitrogens is 5. The number of thioether (sulfide) groups is 1. The van der Waals surface area contributed by atoms with Crippen molar-refractivity contribution in [3.8, 4) is 5.82 Å². The Morgan fingerprint density at radius 1 is 1.14 bits per heavy atom. The average Bonchev–Trinajstić information content (AvgIpc) is 3.15. The van der Waals surface area contributed by atoms with Gasteiger partial charge in [-0.25, -0.2) is 19.5 Å². The van der Waals surface area contributed by atoms with E-state index in [1.165, 1.54) is 17.0 Å². The highest BCUT2D eigenvalue weighted by molar-refractivity contribution is 7.98. The minimum atomic E-state index is -2.68. The van der Waals surface area contributed by atoms with Crippen LogP contribution in [0.2, 0.25) is 0 Å². The van der Waals surface area contributed by atoms with Crippen LogP contribution in [0.4, 0.5) is 8.78 Å². The zero-order valence-electron chi connectivity index (χ0n) is 14.8. The maximum absolute atomic E-state index is 13.1. The molecule has 4 rings (SSSR count). The highest BCUT2D eigenvalue weighted by Crippen LogP contribution is 2.25. The van der Waals surface area contributed by atoms with E-state index in [4.69, 9.17) is 0 Å². The number of nitrogens with zero attached hydrogens (tertiary/aromatic N) is 5. The van der Waals surface area contributed by atoms with Gasteiger partial charge in [-0.05, 0) is 36.8 Å². The van der Waals surface area contributed by atoms with Crippen LogP contribution < -0.4 is 5.56 Å². The Balaban J connectivity index is 1.83. The zero-order valence-corrected chi connectivity index (χ0v) is 15.6. The lowest BCUT2D eigenvalue weighted by Gasteiger charge is -2.13. The van der Waals surface area contributed by atoms with Crippen molar-refractivity contribution in [1.82, 2.24) is 24.1 Å². The number of hydrogen-bond donors (Lipinski definition) is 0. The molecule has 6 nitrogen and oxygen atoms in total. The molecule has 28 heavy (non-hydrogen) atoms. The normalized spacial score (nSPS) is 11.4. The van der Waals surface area contributed by atoms with Crippen molar-refractivity contribution in [1.29, 1.82) is 0 Å². The summed E-state index contributed by atoms with van der Waals surface area (Å²) < 4.78 is 28.4. The zero-order chi connectivity index (χ0) is 19.7. The Morgan fingerprint density at radius 3 is 2.75 bits per heavy atom. The minimum absolute atomic E-state index is 0.133. The Hall–Kier alpha value is -3.07. The van der Waals surface area contributed by atoms with Crippen LogP contribution in [0, 0.1) is 6.92 Å². The summed E-state index contributed by atoms with van der Waals surface area (Å²) in [6.07, 6.45) is 4.17. The lowest BCUT2D eigenvalue weighted by molar-refractivity contribution is 0.0678. The summed E-state index contributed by atoms with van der Waals surface area (Å²) in [4.78, 5) is 26.0. The number of rotatable bonds is 5. The molecule has 0 fully saturated rings. The van der Waals surface area contributed by atoms with Gasteiger partial charge in [0.25, 0.3) is 5.56 Å². The van der Waals surface area contributed by atoms with Crippen molar-refractivity contribution in [3.63, 3.8) is 0 Å². The van der Waals surface area contributed by atoms with Gasteiger partial charge in [-0.3, -0.25) is 9.36 Å². The van der Waals surface area contributed by atoms with E-state index in [0.29, 0.717) is 21.9 Å². The van der Waals surface area contributed by atoms with E-state index >= 15 is 0 Å². The molecule has 0 spiro atoms. The number of hydrogen-bond acceptors (Lipinski definition) is 5. The van der Waals surface area contributed by atoms with Crippen molar-refractivity contribution in [2.24, 2.45) is 0 Å². The molecule has 0 unspecified atom stereocenters. The molecule has 4 aromatic rings. The van der Waals surface area contributed by atoms with Crippen LogP contribution in [-0.2, 0) is 5.75 Å². The summed E-state index contributed by atoms with van der Waals surface area (Å²) in [6.45, 7) is -0.778. The molecule has 0 atom stereocenters. The fraction of sp³-hybridized carbons (Fsp3) is 0.158. The van der Waals surface area contributed by atoms with Crippen LogP contribution >= 0.6 is 11.8 Å². The van der Waals surface area contributed by atoms with Crippen LogP contribution in [0.1, 0.15) is 17.9 Å². The number of pyridine rings is 1. The van der Waals surface area contributed by atoms with Crippen LogP contribution in [0.5, 0.6) is 0 Å². The molecule has 1 aromatic carbocycles. The second-order valence-electron chi connectivity index (χ2n) is 6.06. The first-order valence-corrected chi connectivity index (χ1v) is 9.40. The third kappa shape index (κ3) is 3.40. The van der Waals surface area contributed by atoms with E-state index < -0.39 is 6.55 Å². The predicted octanol–water partition coefficient (Wildman–Crippen LogP) is 3.97. The molecule has 142 valence electrons. The number of halogens is 2. The van der Waals surface area contributed by atoms with Gasteiger partial charge in [-0.1, -0.05) is 23.9 Å². The van der Waals surface area contributed by atoms with Crippen molar-refractivity contribution in [2.45, 2.75) is 24.4 Å². The van der Waals surface area contributed by atoms with E-state index in [9.17, 15) is 13.6 Å². The smallest absolute Gasteiger partial charge is 0.277 e. The first-order valence-electron chi connectivity index (χ1n) is 8.42. The molecule has 0 saturated carbocycles. The van der Waals surface area contributed by atoms with E-state index in [1.807, 2.05) is 13.0 Å². The fourth-order valence-corrected chi connectivity index (χ4v) is 3.77. The lowest BCUT2D eigenvalue weighted by atomic mass is 10.2. The summed E-state index contributed by atoms with van der Waals surface area (Å²) in [5.74, 6) is 0.766. The van der Waals surface area contributed by atoms with Gasteiger partial charge in [0, 0.05) is 18.6 Å². The Labute approximate surface area is 162 Å². The second kappa shape index (κ2) is 7.51. The minimum Gasteiger partial charge on any atom is -0.277 e. The molecule has 0 radical (unpaired) electrons. The highest BCUT2D eigenvalue weighted by Gasteiger charge is 2.17. The quantitative estimate of drug-likeness (QED) is 0.375. The van der Waals surface area contributed by atoms with Crippen LogP contribution in [0.15, 0.2) is 64.9 Å². The van der Waals surface area contributed by atoms with Crippen molar-refractivity contribution < 1.29 is 8.78 Å². The average molecular weight is 399 g/mol. The topological polar surface area (TPSA) is 65.6 Å². The molecular weight excluding hydrogens is 384 g/mol. The molecule has 0 aliphatic rings. The maximum atomic E-state index is 13.1. The van der Waals surface area contributed by atoms with E-state index in [0.717, 1.165) is 21.9 Å². The number of para-hydroxylation sites is 1. The summed E-state index contributed by atoms with van der Waals surface area (Å²) in [5.41, 5.74) is 1.22. The Morgan fingerprint density at radius 2 is 1.96 bits per heavy atom. The van der Waals surface area contributed by atoms with Crippen molar-refractivity contribution in [3.05, 3.63) is 76.7 Å². The van der Waals surface area contributed by atoms with Gasteiger partial charge in [0.05, 0.1) is 16.7 Å². The Bertz CT molecular complexity index is 1200. The summed E-state index contributed by atoms with van der Waals surface area (Å²) in [7, 11) is 0. The first-order chi connectivity index (χ1) is 13.5. The molecule has 0 amide bonds. The number of benzene rings is 1. The highest BCUT2D eigenvalue weighted by atomic mass is 32.2. The van der Waals surface area contributed by atoms with Crippen LogP contribution in [0.3, 0.4) is 0 Å². The van der Waals surface area contributed by atoms with Gasteiger partial charge in [0.2, 0.25) is 0 Å². The van der Waals surface area contributed by atoms with Gasteiger partial charge in [0.1, 0.15) is 11.6 Å². The molecule has 0 saturated heterocycles. The van der Waals surface area contributed by atoms with E-state index in [1.54, 1.807) is 36.5 Å². The molecule has 3 heterocycles. The first kappa shape index (κ1) is 18.3. The van der Waals surface area contributed by atoms with Crippen molar-refractivity contribution >= 4 is 22.7 Å². The standard InChI is InChI=1S/C19H15F2N5OS/c1-12-6-7-22-15(10-12)26-17(27)13-4-2-3-5-14(13)24-19(26)28-11-16-23-8-9-25(16)18(20)21/h2-10,18H,11H2,1H3. The van der Waals surface area contributed by atoms with Gasteiger partial charge >= 0.3 is 6.55 Å². The molecule has 0 aliphatic heterocycles. The molecule has 3 aromatic heterocycles. The van der Waals surface area contributed by atoms with Gasteiger partial charge in [-0.2, -0.15) is 8.78 Å². The lowest BCUT2D eigenvalue weighted by Crippen LogP contribution is -2.22. The van der Waals surface area contributed by atoms with Gasteiger partial charge < -0.3 is 0 Å². The van der Waals surface area contributed by atoms with Gasteiger partial charge in [0.15, 0.2) is 5.16 Å². The summed E-state index contributed by atoms with van der Waals surface area (Å²) in [5, 5.41) is 0.829. The van der Waals surface area contributed by atoms with Crippen LogP contribution in [-0.4, -0.2) is 24.1 Å². The molecule has 0 aliphatic carbocycles. The van der Waals surface area contributed by atoms with E-state index in [-0.39, 0.29) is 17.1 Å². The summed E-state index contributed by atoms with van der Waals surface area (Å²) in [6, 6.07) is 10.6. The maximum Gasteiger partial charge on any atom is 0.319 e. The monoisotopic (exact) mass is 399 g/mol. The fourth-order valence-electron chi connectivity index (χ4n) is 2.82. The molecule has 0 N–H and O–H groups in total. The summed E-state index contributed by atoms with van der Waals surface area (Å²) >= 11 is 1.16. The molecular formula is C19H15F2N5OS. The number of aryl methyl sites for hydroxylation is 1. The number of alkyl halides is 2. The molecule has 9 heteroatoms. The third-order valence-electron chi connectivity index (χ3n) is 4.16.